The summed E-state index contributed by atoms with van der Waals surface area (Å²) in [5.41, 5.74) is 7.19. The summed E-state index contributed by atoms with van der Waals surface area (Å²) < 4.78 is 5.45. The SMILES string of the molecule is CN(CCCN1C(=O)COc2cc(N)ccc21)c1ccccn1. The number of nitrogens with two attached hydrogens (primary N) is 1. The predicted molar refractivity (Wildman–Crippen MR) is 90.8 cm³/mol. The van der Waals surface area contributed by atoms with Crippen LogP contribution in [0.2, 0.25) is 0 Å². The van der Waals surface area contributed by atoms with Crippen LogP contribution in [0.25, 0.3) is 0 Å². The Morgan fingerprint density at radius 3 is 3.00 bits per heavy atom. The maximum atomic E-state index is 12.1. The number of anilines is 3. The molecule has 1 aromatic carbocycles. The third kappa shape index (κ3) is 3.36. The second-order valence-corrected chi connectivity index (χ2v) is 5.52. The predicted octanol–water partition coefficient (Wildman–Crippen LogP) is 1.92. The van der Waals surface area contributed by atoms with Gasteiger partial charge in [0.2, 0.25) is 0 Å². The molecular formula is C17H20N4O2. The molecule has 2 aromatic rings. The quantitative estimate of drug-likeness (QED) is 0.854. The monoisotopic (exact) mass is 312 g/mol. The van der Waals surface area contributed by atoms with E-state index in [4.69, 9.17) is 10.5 Å². The molecule has 0 fully saturated rings. The van der Waals surface area contributed by atoms with Crippen molar-refractivity contribution in [2.45, 2.75) is 6.42 Å². The van der Waals surface area contributed by atoms with Crippen molar-refractivity contribution in [1.29, 1.82) is 0 Å². The van der Waals surface area contributed by atoms with Gasteiger partial charge in [-0.05, 0) is 30.7 Å². The minimum atomic E-state index is -0.0252. The largest absolute Gasteiger partial charge is 0.481 e. The van der Waals surface area contributed by atoms with Crippen molar-refractivity contribution in [3.63, 3.8) is 0 Å². The lowest BCUT2D eigenvalue weighted by molar-refractivity contribution is -0.121. The topological polar surface area (TPSA) is 71.7 Å². The zero-order valence-corrected chi connectivity index (χ0v) is 13.1. The summed E-state index contributed by atoms with van der Waals surface area (Å²) >= 11 is 0. The fourth-order valence-corrected chi connectivity index (χ4v) is 2.63. The highest BCUT2D eigenvalue weighted by molar-refractivity contribution is 5.98. The lowest BCUT2D eigenvalue weighted by atomic mass is 10.2. The highest BCUT2D eigenvalue weighted by atomic mass is 16.5. The molecule has 0 saturated heterocycles. The number of pyridine rings is 1. The summed E-state index contributed by atoms with van der Waals surface area (Å²) in [5.74, 6) is 1.57. The molecule has 0 bridgehead atoms. The molecule has 1 aliphatic rings. The molecule has 0 saturated carbocycles. The number of ether oxygens (including phenoxy) is 1. The van der Waals surface area contributed by atoms with Crippen LogP contribution in [-0.4, -0.2) is 37.6 Å². The van der Waals surface area contributed by atoms with Crippen molar-refractivity contribution >= 4 is 23.1 Å². The molecular weight excluding hydrogens is 292 g/mol. The van der Waals surface area contributed by atoms with Gasteiger partial charge in [-0.15, -0.1) is 0 Å². The van der Waals surface area contributed by atoms with Crippen molar-refractivity contribution < 1.29 is 9.53 Å². The molecule has 2 N–H and O–H groups in total. The normalized spacial score (nSPS) is 13.4. The smallest absolute Gasteiger partial charge is 0.265 e. The molecule has 0 spiro atoms. The van der Waals surface area contributed by atoms with Gasteiger partial charge in [-0.3, -0.25) is 4.79 Å². The minimum absolute atomic E-state index is 0.0252. The van der Waals surface area contributed by atoms with Crippen LogP contribution < -0.4 is 20.3 Å². The van der Waals surface area contributed by atoms with Gasteiger partial charge >= 0.3 is 0 Å². The summed E-state index contributed by atoms with van der Waals surface area (Å²) in [7, 11) is 2.00. The van der Waals surface area contributed by atoms with Crippen LogP contribution in [0.4, 0.5) is 17.2 Å². The van der Waals surface area contributed by atoms with E-state index < -0.39 is 0 Å². The first-order chi connectivity index (χ1) is 11.1. The standard InChI is InChI=1S/C17H20N4O2/c1-20(16-5-2-3-8-19-16)9-4-10-21-14-7-6-13(18)11-15(14)23-12-17(21)22/h2-3,5-8,11H,4,9-10,12,18H2,1H3. The van der Waals surface area contributed by atoms with Crippen molar-refractivity contribution in [3.8, 4) is 5.75 Å². The molecule has 2 heterocycles. The number of nitrogen functional groups attached to an aromatic ring is 1. The highest BCUT2D eigenvalue weighted by Crippen LogP contribution is 2.33. The maximum absolute atomic E-state index is 12.1. The van der Waals surface area contributed by atoms with Crippen molar-refractivity contribution in [2.75, 3.05) is 42.3 Å². The third-order valence-corrected chi connectivity index (χ3v) is 3.84. The molecule has 120 valence electrons. The number of carbonyl (C=O) groups is 1. The van der Waals surface area contributed by atoms with Gasteiger partial charge in [0.05, 0.1) is 5.69 Å². The lowest BCUT2D eigenvalue weighted by Crippen LogP contribution is -2.40. The minimum Gasteiger partial charge on any atom is -0.481 e. The molecule has 0 radical (unpaired) electrons. The Labute approximate surface area is 135 Å². The fourth-order valence-electron chi connectivity index (χ4n) is 2.63. The highest BCUT2D eigenvalue weighted by Gasteiger charge is 2.25. The van der Waals surface area contributed by atoms with E-state index in [1.807, 2.05) is 31.3 Å². The van der Waals surface area contributed by atoms with Crippen LogP contribution in [0.5, 0.6) is 5.75 Å². The number of fused-ring (bicyclic) bond motifs is 1. The van der Waals surface area contributed by atoms with Crippen LogP contribution in [-0.2, 0) is 4.79 Å². The van der Waals surface area contributed by atoms with E-state index in [0.717, 1.165) is 24.5 Å². The molecule has 1 aromatic heterocycles. The van der Waals surface area contributed by atoms with Gasteiger partial charge in [-0.25, -0.2) is 4.98 Å². The second kappa shape index (κ2) is 6.56. The first kappa shape index (κ1) is 15.1. The molecule has 0 aliphatic carbocycles. The number of nitrogens with zero attached hydrogens (tertiary/aromatic N) is 3. The van der Waals surface area contributed by atoms with Gasteiger partial charge in [-0.2, -0.15) is 0 Å². The summed E-state index contributed by atoms with van der Waals surface area (Å²) in [6.45, 7) is 1.51. The van der Waals surface area contributed by atoms with Crippen LogP contribution in [0.15, 0.2) is 42.6 Å². The van der Waals surface area contributed by atoms with Crippen molar-refractivity contribution in [2.24, 2.45) is 0 Å². The van der Waals surface area contributed by atoms with E-state index in [0.29, 0.717) is 18.0 Å². The summed E-state index contributed by atoms with van der Waals surface area (Å²) in [4.78, 5) is 20.3. The Kier molecular flexibility index (Phi) is 4.32. The van der Waals surface area contributed by atoms with Crippen LogP contribution in [0.3, 0.4) is 0 Å². The number of carbonyl (C=O) groups excluding carboxylic acids is 1. The van der Waals surface area contributed by atoms with Crippen LogP contribution >= 0.6 is 0 Å². The zero-order valence-electron chi connectivity index (χ0n) is 13.1. The van der Waals surface area contributed by atoms with E-state index in [9.17, 15) is 4.79 Å². The first-order valence-electron chi connectivity index (χ1n) is 7.60. The lowest BCUT2D eigenvalue weighted by Gasteiger charge is -2.30. The Morgan fingerprint density at radius 1 is 1.35 bits per heavy atom. The molecule has 0 atom stereocenters. The van der Waals surface area contributed by atoms with Gasteiger partial charge in [0.1, 0.15) is 11.6 Å². The van der Waals surface area contributed by atoms with Gasteiger partial charge < -0.3 is 20.3 Å². The van der Waals surface area contributed by atoms with Gasteiger partial charge in [0.15, 0.2) is 6.61 Å². The Bertz CT molecular complexity index is 690. The Balaban J connectivity index is 1.63. The summed E-state index contributed by atoms with van der Waals surface area (Å²) in [6.07, 6.45) is 2.61. The Hall–Kier alpha value is -2.76. The van der Waals surface area contributed by atoms with E-state index in [2.05, 4.69) is 9.88 Å². The molecule has 3 rings (SSSR count). The number of aromatic nitrogens is 1. The number of amides is 1. The molecule has 0 unspecified atom stereocenters. The third-order valence-electron chi connectivity index (χ3n) is 3.84. The fraction of sp³-hybridized carbons (Fsp3) is 0.294. The van der Waals surface area contributed by atoms with Gasteiger partial charge in [-0.1, -0.05) is 6.07 Å². The van der Waals surface area contributed by atoms with Crippen LogP contribution in [0.1, 0.15) is 6.42 Å². The van der Waals surface area contributed by atoms with E-state index in [1.165, 1.54) is 0 Å². The average molecular weight is 312 g/mol. The summed E-state index contributed by atoms with van der Waals surface area (Å²) in [5, 5.41) is 0. The number of hydrogen-bond donors (Lipinski definition) is 1. The summed E-state index contributed by atoms with van der Waals surface area (Å²) in [6, 6.07) is 11.2. The molecule has 1 aliphatic heterocycles. The van der Waals surface area contributed by atoms with Crippen LogP contribution in [0, 0.1) is 0 Å². The van der Waals surface area contributed by atoms with Crippen molar-refractivity contribution in [1.82, 2.24) is 4.98 Å². The number of benzene rings is 1. The number of hydrogen-bond acceptors (Lipinski definition) is 5. The van der Waals surface area contributed by atoms with Gasteiger partial charge in [0.25, 0.3) is 5.91 Å². The van der Waals surface area contributed by atoms with E-state index in [-0.39, 0.29) is 12.5 Å². The zero-order chi connectivity index (χ0) is 16.2. The maximum Gasteiger partial charge on any atom is 0.265 e. The van der Waals surface area contributed by atoms with E-state index >= 15 is 0 Å². The molecule has 1 amide bonds. The molecule has 23 heavy (non-hydrogen) atoms. The number of rotatable bonds is 5. The average Bonchev–Trinajstić information content (AvgIpc) is 2.57. The van der Waals surface area contributed by atoms with Gasteiger partial charge in [0, 0.05) is 38.1 Å². The van der Waals surface area contributed by atoms with Crippen molar-refractivity contribution in [3.05, 3.63) is 42.6 Å². The molecule has 6 heteroatoms. The second-order valence-electron chi connectivity index (χ2n) is 5.52. The van der Waals surface area contributed by atoms with E-state index in [1.54, 1.807) is 23.2 Å². The molecule has 6 nitrogen and oxygen atoms in total. The first-order valence-corrected chi connectivity index (χ1v) is 7.60. The Morgan fingerprint density at radius 2 is 2.22 bits per heavy atom.